The smallest absolute Gasteiger partial charge is 0.341 e. The first-order chi connectivity index (χ1) is 13.5. The molecule has 0 amide bonds. The van der Waals surface area contributed by atoms with Crippen LogP contribution in [0.4, 0.5) is 0 Å². The van der Waals surface area contributed by atoms with Crippen LogP contribution in [-0.4, -0.2) is 27.4 Å². The van der Waals surface area contributed by atoms with E-state index in [4.69, 9.17) is 27.9 Å². The first kappa shape index (κ1) is 18.3. The van der Waals surface area contributed by atoms with Gasteiger partial charge in [0.1, 0.15) is 11.3 Å². The second-order valence-electron chi connectivity index (χ2n) is 6.01. The van der Waals surface area contributed by atoms with Crippen LogP contribution in [0.15, 0.2) is 65.7 Å². The van der Waals surface area contributed by atoms with Crippen molar-refractivity contribution in [2.45, 2.75) is 0 Å². The van der Waals surface area contributed by atoms with Gasteiger partial charge in [-0.25, -0.2) is 4.79 Å². The molecule has 0 radical (unpaired) electrons. The van der Waals surface area contributed by atoms with Gasteiger partial charge in [0, 0.05) is 28.1 Å². The fourth-order valence-electron chi connectivity index (χ4n) is 2.95. The number of hydrogen-bond acceptors (Lipinski definition) is 4. The van der Waals surface area contributed by atoms with Crippen molar-refractivity contribution < 1.29 is 9.53 Å². The first-order valence-corrected chi connectivity index (χ1v) is 8.99. The highest BCUT2D eigenvalue weighted by Crippen LogP contribution is 2.27. The molecule has 6 nitrogen and oxygen atoms in total. The molecule has 8 heteroatoms. The SMILES string of the molecule is COC(=O)c1cn(-c2cc(Cl)cc(Cl)c2)cc2c(=O)n(-c3ccccc3)nc1-2. The number of nitrogens with zero attached hydrogens (tertiary/aromatic N) is 3. The molecule has 0 aliphatic carbocycles. The lowest BCUT2D eigenvalue weighted by atomic mass is 10.1. The molecule has 2 aromatic rings. The Balaban J connectivity index is 2.02. The van der Waals surface area contributed by atoms with E-state index in [0.29, 0.717) is 21.4 Å². The van der Waals surface area contributed by atoms with Gasteiger partial charge >= 0.3 is 5.97 Å². The van der Waals surface area contributed by atoms with E-state index in [1.807, 2.05) is 6.07 Å². The van der Waals surface area contributed by atoms with E-state index in [2.05, 4.69) is 5.10 Å². The number of esters is 1. The summed E-state index contributed by atoms with van der Waals surface area (Å²) in [5, 5.41) is 5.21. The fourth-order valence-corrected chi connectivity index (χ4v) is 3.46. The van der Waals surface area contributed by atoms with Crippen molar-refractivity contribution in [2.24, 2.45) is 0 Å². The summed E-state index contributed by atoms with van der Waals surface area (Å²) in [6.07, 6.45) is 3.14. The van der Waals surface area contributed by atoms with Crippen molar-refractivity contribution in [3.63, 3.8) is 0 Å². The highest BCUT2D eigenvalue weighted by molar-refractivity contribution is 6.34. The van der Waals surface area contributed by atoms with Gasteiger partial charge in [0.2, 0.25) is 0 Å². The first-order valence-electron chi connectivity index (χ1n) is 8.23. The summed E-state index contributed by atoms with van der Waals surface area (Å²) in [6, 6.07) is 13.9. The molecule has 0 fully saturated rings. The topological polar surface area (TPSA) is 66.1 Å². The van der Waals surface area contributed by atoms with Crippen LogP contribution in [-0.2, 0) is 4.74 Å². The molecule has 4 rings (SSSR count). The lowest BCUT2D eigenvalue weighted by molar-refractivity contribution is 0.0600. The standard InChI is InChI=1S/C20H13Cl2N3O3/c1-28-20(27)17-11-24(15-8-12(21)7-13(22)9-15)10-16-18(17)23-25(19(16)26)14-5-3-2-4-6-14/h2-11H,1H3. The normalized spacial score (nSPS) is 11.0. The molecule has 0 saturated heterocycles. The molecular formula is C20H13Cl2N3O3. The quantitative estimate of drug-likeness (QED) is 0.471. The minimum atomic E-state index is -0.606. The lowest BCUT2D eigenvalue weighted by Crippen LogP contribution is -2.15. The predicted molar refractivity (Wildman–Crippen MR) is 107 cm³/mol. The molecule has 0 saturated carbocycles. The van der Waals surface area contributed by atoms with Crippen molar-refractivity contribution in [1.82, 2.24) is 14.3 Å². The largest absolute Gasteiger partial charge is 0.465 e. The number of ether oxygens (including phenoxy) is 1. The third-order valence-corrected chi connectivity index (χ3v) is 4.66. The lowest BCUT2D eigenvalue weighted by Gasteiger charge is -2.12. The molecule has 2 aliphatic heterocycles. The van der Waals surface area contributed by atoms with E-state index in [-0.39, 0.29) is 22.4 Å². The molecule has 2 aromatic carbocycles. The van der Waals surface area contributed by atoms with E-state index in [9.17, 15) is 9.59 Å². The van der Waals surface area contributed by atoms with E-state index >= 15 is 0 Å². The molecule has 28 heavy (non-hydrogen) atoms. The van der Waals surface area contributed by atoms with Crippen molar-refractivity contribution in [1.29, 1.82) is 0 Å². The third-order valence-electron chi connectivity index (χ3n) is 4.22. The number of hydrogen-bond donors (Lipinski definition) is 0. The van der Waals surface area contributed by atoms with Crippen LogP contribution in [0.5, 0.6) is 0 Å². The monoisotopic (exact) mass is 413 g/mol. The van der Waals surface area contributed by atoms with Gasteiger partial charge < -0.3 is 9.30 Å². The maximum absolute atomic E-state index is 13.0. The Morgan fingerprint density at radius 3 is 2.32 bits per heavy atom. The van der Waals surface area contributed by atoms with Gasteiger partial charge in [-0.3, -0.25) is 4.79 Å². The van der Waals surface area contributed by atoms with E-state index in [0.717, 1.165) is 0 Å². The molecule has 2 heterocycles. The summed E-state index contributed by atoms with van der Waals surface area (Å²) in [5.74, 6) is -0.606. The van der Waals surface area contributed by atoms with Crippen LogP contribution >= 0.6 is 23.2 Å². The van der Waals surface area contributed by atoms with E-state index < -0.39 is 5.97 Å². The van der Waals surface area contributed by atoms with Crippen LogP contribution in [0, 0.1) is 0 Å². The van der Waals surface area contributed by atoms with Crippen LogP contribution in [0.1, 0.15) is 10.4 Å². The van der Waals surface area contributed by atoms with Gasteiger partial charge in [-0.2, -0.15) is 9.78 Å². The van der Waals surface area contributed by atoms with Crippen LogP contribution < -0.4 is 5.56 Å². The molecule has 0 spiro atoms. The maximum atomic E-state index is 13.0. The third kappa shape index (κ3) is 3.17. The highest BCUT2D eigenvalue weighted by Gasteiger charge is 2.25. The van der Waals surface area contributed by atoms with Crippen molar-refractivity contribution in [3.05, 3.63) is 86.9 Å². The van der Waals surface area contributed by atoms with Gasteiger partial charge in [-0.15, -0.1) is 0 Å². The van der Waals surface area contributed by atoms with Gasteiger partial charge in [0.05, 0.1) is 18.4 Å². The molecular weight excluding hydrogens is 401 g/mol. The fraction of sp³-hybridized carbons (Fsp3) is 0.0500. The minimum absolute atomic E-state index is 0.155. The summed E-state index contributed by atoms with van der Waals surface area (Å²) in [4.78, 5) is 25.4. The number of pyridine rings is 1. The number of benzene rings is 2. The van der Waals surface area contributed by atoms with Crippen LogP contribution in [0.25, 0.3) is 22.6 Å². The molecule has 140 valence electrons. The van der Waals surface area contributed by atoms with Crippen molar-refractivity contribution >= 4 is 29.2 Å². The van der Waals surface area contributed by atoms with Gasteiger partial charge in [-0.05, 0) is 30.3 Å². The van der Waals surface area contributed by atoms with Crippen LogP contribution in [0.3, 0.4) is 0 Å². The number of para-hydroxylation sites is 1. The molecule has 0 N–H and O–H groups in total. The number of carbonyl (C=O) groups excluding carboxylic acids is 1. The molecule has 0 atom stereocenters. The van der Waals surface area contributed by atoms with E-state index in [1.54, 1.807) is 53.2 Å². The molecule has 0 bridgehead atoms. The molecule has 2 aliphatic rings. The number of halogens is 2. The van der Waals surface area contributed by atoms with Gasteiger partial charge in [-0.1, -0.05) is 41.4 Å². The van der Waals surface area contributed by atoms with Gasteiger partial charge in [0.25, 0.3) is 5.56 Å². The Labute approximate surface area is 169 Å². The number of rotatable bonds is 3. The Morgan fingerprint density at radius 1 is 1.00 bits per heavy atom. The maximum Gasteiger partial charge on any atom is 0.341 e. The Hall–Kier alpha value is -3.09. The zero-order valence-corrected chi connectivity index (χ0v) is 16.1. The second-order valence-corrected chi connectivity index (χ2v) is 6.89. The van der Waals surface area contributed by atoms with Crippen molar-refractivity contribution in [3.8, 4) is 22.6 Å². The average Bonchev–Trinajstić information content (AvgIpc) is 3.03. The number of aromatic nitrogens is 3. The molecule has 0 unspecified atom stereocenters. The summed E-state index contributed by atoms with van der Waals surface area (Å²) in [7, 11) is 1.27. The molecule has 0 aromatic heterocycles. The summed E-state index contributed by atoms with van der Waals surface area (Å²) in [6.45, 7) is 0. The summed E-state index contributed by atoms with van der Waals surface area (Å²) < 4.78 is 7.74. The Kier molecular flexibility index (Phi) is 4.66. The Bertz CT molecular complexity index is 1200. The number of methoxy groups -OCH3 is 1. The second kappa shape index (κ2) is 7.14. The summed E-state index contributed by atoms with van der Waals surface area (Å²) in [5.41, 5.74) is 1.51. The number of carbonyl (C=O) groups is 1. The zero-order valence-electron chi connectivity index (χ0n) is 14.6. The Morgan fingerprint density at radius 2 is 1.68 bits per heavy atom. The average molecular weight is 414 g/mol. The zero-order chi connectivity index (χ0) is 19.8. The predicted octanol–water partition coefficient (Wildman–Crippen LogP) is 4.22. The van der Waals surface area contributed by atoms with Gasteiger partial charge in [0.15, 0.2) is 0 Å². The highest BCUT2D eigenvalue weighted by atomic mass is 35.5. The van der Waals surface area contributed by atoms with Crippen LogP contribution in [0.2, 0.25) is 10.0 Å². The number of fused-ring (bicyclic) bond motifs is 1. The van der Waals surface area contributed by atoms with E-state index in [1.165, 1.54) is 18.0 Å². The minimum Gasteiger partial charge on any atom is -0.465 e. The summed E-state index contributed by atoms with van der Waals surface area (Å²) >= 11 is 12.2. The van der Waals surface area contributed by atoms with Crippen molar-refractivity contribution in [2.75, 3.05) is 7.11 Å².